The van der Waals surface area contributed by atoms with Gasteiger partial charge in [0, 0.05) is 49.9 Å². The molecule has 7 nitrogen and oxygen atoms in total. The van der Waals surface area contributed by atoms with Crippen molar-refractivity contribution in [2.24, 2.45) is 0 Å². The fraction of sp³-hybridized carbons (Fsp3) is 0.0702. The van der Waals surface area contributed by atoms with E-state index >= 15 is 0 Å². The lowest BCUT2D eigenvalue weighted by Crippen LogP contribution is -2.27. The minimum absolute atomic E-state index is 0.357. The number of aromatic nitrogens is 4. The van der Waals surface area contributed by atoms with Crippen molar-refractivity contribution >= 4 is 56.8 Å². The van der Waals surface area contributed by atoms with Crippen molar-refractivity contribution in [3.8, 4) is 50.3 Å². The Hall–Kier alpha value is -8.29. The van der Waals surface area contributed by atoms with Gasteiger partial charge in [-0.1, -0.05) is 133 Å². The highest BCUT2D eigenvalue weighted by atomic mass is 16.5. The molecule has 64 heavy (non-hydrogen) atoms. The van der Waals surface area contributed by atoms with Crippen molar-refractivity contribution in [3.63, 3.8) is 0 Å². The number of fused-ring (bicyclic) bond motifs is 11. The molecule has 0 aliphatic carbocycles. The van der Waals surface area contributed by atoms with Crippen LogP contribution in [0.2, 0.25) is 0 Å². The number of rotatable bonds is 5. The Morgan fingerprint density at radius 2 is 1.03 bits per heavy atom. The first-order chi connectivity index (χ1) is 31.5. The molecule has 1 atom stereocenters. The quantitative estimate of drug-likeness (QED) is 0.168. The molecule has 7 heteroatoms. The smallest absolute Gasteiger partial charge is 0.343 e. The number of hydrogen-bond acceptors (Lipinski definition) is 5. The summed E-state index contributed by atoms with van der Waals surface area (Å²) in [6.45, 7) is 2.04. The monoisotopic (exact) mass is 828 g/mol. The fourth-order valence-corrected chi connectivity index (χ4v) is 9.56. The molecule has 0 saturated heterocycles. The molecule has 8 bridgehead atoms. The number of ether oxygens (including phenoxy) is 1. The van der Waals surface area contributed by atoms with Gasteiger partial charge < -0.3 is 19.1 Å². The van der Waals surface area contributed by atoms with Crippen molar-refractivity contribution < 1.29 is 9.15 Å². The lowest BCUT2D eigenvalue weighted by molar-refractivity contribution is 0.227. The van der Waals surface area contributed by atoms with Crippen molar-refractivity contribution in [3.05, 3.63) is 208 Å². The summed E-state index contributed by atoms with van der Waals surface area (Å²) in [5.74, 6) is 0.579. The number of aromatic amines is 2. The zero-order chi connectivity index (χ0) is 42.7. The van der Waals surface area contributed by atoms with Crippen LogP contribution in [0.1, 0.15) is 40.3 Å². The van der Waals surface area contributed by atoms with Gasteiger partial charge in [-0.15, -0.1) is 0 Å². The summed E-state index contributed by atoms with van der Waals surface area (Å²) >= 11 is 0. The second kappa shape index (κ2) is 15.3. The summed E-state index contributed by atoms with van der Waals surface area (Å²) in [6, 6.07) is 56.2. The van der Waals surface area contributed by atoms with Gasteiger partial charge in [0.2, 0.25) is 0 Å². The maximum atomic E-state index is 13.4. The molecular formula is C57H40N4O3. The molecule has 0 saturated carbocycles. The van der Waals surface area contributed by atoms with E-state index in [1.54, 1.807) is 0 Å². The predicted octanol–water partition coefficient (Wildman–Crippen LogP) is 13.5. The third-order valence-corrected chi connectivity index (χ3v) is 12.5. The number of H-pyrrole nitrogens is 2. The Labute approximate surface area is 368 Å². The number of benzene rings is 5. The zero-order valence-corrected chi connectivity index (χ0v) is 34.9. The van der Waals surface area contributed by atoms with Crippen molar-refractivity contribution in [2.45, 2.75) is 25.9 Å². The van der Waals surface area contributed by atoms with Gasteiger partial charge in [-0.05, 0) is 96.6 Å². The van der Waals surface area contributed by atoms with Gasteiger partial charge in [-0.25, -0.2) is 14.8 Å². The summed E-state index contributed by atoms with van der Waals surface area (Å²) in [5.41, 5.74) is 17.7. The lowest BCUT2D eigenvalue weighted by atomic mass is 9.92. The van der Waals surface area contributed by atoms with Gasteiger partial charge in [0.15, 0.2) is 0 Å². The maximum absolute atomic E-state index is 13.4. The number of nitrogens with one attached hydrogen (secondary N) is 2. The summed E-state index contributed by atoms with van der Waals surface area (Å²) in [5, 5.41) is 0.793. The molecule has 4 aromatic heterocycles. The standard InChI is InChI=1S/C57H40N4O3/c1-34-22-30-50-41(32-34)56-39(57(62)64-50)23-31-49(63-56)40-33-48-53(37-18-10-4-11-19-37)46-27-26-44(59-46)51(35-14-6-2-7-15-35)42-24-25-43(58-42)52(36-16-8-3-9-17-36)45-28-29-47(60-45)54(55(40)61-48)38-20-12-5-13-21-38/h2-22,24-30,32-33,49,59-60H,23,31H2,1H3. The minimum Gasteiger partial charge on any atom is -0.484 e. The number of nitrogens with zero attached hydrogens (tertiary/aromatic N) is 2. The molecule has 7 heterocycles. The molecule has 5 aromatic carbocycles. The average Bonchev–Trinajstić information content (AvgIpc) is 4.19. The van der Waals surface area contributed by atoms with Crippen molar-refractivity contribution in [2.75, 3.05) is 0 Å². The third-order valence-electron chi connectivity index (χ3n) is 12.5. The van der Waals surface area contributed by atoms with E-state index in [1.165, 1.54) is 0 Å². The van der Waals surface area contributed by atoms with E-state index in [1.807, 2.05) is 49.4 Å². The highest BCUT2D eigenvalue weighted by molar-refractivity contribution is 6.03. The largest absolute Gasteiger partial charge is 0.484 e. The Morgan fingerprint density at radius 3 is 1.56 bits per heavy atom. The maximum Gasteiger partial charge on any atom is 0.343 e. The van der Waals surface area contributed by atoms with Gasteiger partial charge in [0.25, 0.3) is 0 Å². The van der Waals surface area contributed by atoms with Crippen LogP contribution in [0.5, 0.6) is 5.75 Å². The van der Waals surface area contributed by atoms with E-state index in [0.29, 0.717) is 29.7 Å². The summed E-state index contributed by atoms with van der Waals surface area (Å²) in [6.07, 6.45) is 7.07. The highest BCUT2D eigenvalue weighted by Gasteiger charge is 2.33. The summed E-state index contributed by atoms with van der Waals surface area (Å²) in [4.78, 5) is 32.3. The Kier molecular flexibility index (Phi) is 8.93. The number of aryl methyl sites for hydroxylation is 1. The Balaban J connectivity index is 1.23. The van der Waals surface area contributed by atoms with E-state index < -0.39 is 6.10 Å². The van der Waals surface area contributed by atoms with E-state index in [4.69, 9.17) is 19.1 Å². The summed E-state index contributed by atoms with van der Waals surface area (Å²) < 4.78 is 12.9. The molecule has 3 aliphatic heterocycles. The Bertz CT molecular complexity index is 3600. The third kappa shape index (κ3) is 6.40. The van der Waals surface area contributed by atoms with Crippen LogP contribution in [0.3, 0.4) is 0 Å². The van der Waals surface area contributed by atoms with Gasteiger partial charge in [-0.3, -0.25) is 0 Å². The molecule has 12 rings (SSSR count). The SMILES string of the molecule is Cc1ccc2oc(=O)c3c(c2c1)OC(C1=Cc2nc1c(-c1ccccc1)c1ccc([nH]1)c(-c1ccccc1)c1nc(c(-c4ccccc4)c4ccc([nH]4)c2-c2ccccc2)C=C1)CC3. The fourth-order valence-electron chi connectivity index (χ4n) is 9.56. The first kappa shape index (κ1) is 37.5. The summed E-state index contributed by atoms with van der Waals surface area (Å²) in [7, 11) is 0. The van der Waals surface area contributed by atoms with Crippen molar-refractivity contribution in [1.82, 2.24) is 19.9 Å². The van der Waals surface area contributed by atoms with Crippen LogP contribution in [-0.4, -0.2) is 26.0 Å². The lowest BCUT2D eigenvalue weighted by Gasteiger charge is -2.27. The second-order valence-corrected chi connectivity index (χ2v) is 16.5. The van der Waals surface area contributed by atoms with Crippen LogP contribution in [0.25, 0.3) is 101 Å². The van der Waals surface area contributed by atoms with E-state index in [0.717, 1.165) is 106 Å². The van der Waals surface area contributed by atoms with Gasteiger partial charge in [0.1, 0.15) is 17.4 Å². The number of hydrogen-bond donors (Lipinski definition) is 2. The van der Waals surface area contributed by atoms with Crippen LogP contribution in [0, 0.1) is 6.92 Å². The van der Waals surface area contributed by atoms with Crippen LogP contribution in [0.15, 0.2) is 173 Å². The molecule has 0 amide bonds. The molecule has 0 fully saturated rings. The van der Waals surface area contributed by atoms with Crippen molar-refractivity contribution in [1.29, 1.82) is 0 Å². The average molecular weight is 829 g/mol. The predicted molar refractivity (Wildman–Crippen MR) is 260 cm³/mol. The molecular weight excluding hydrogens is 789 g/mol. The topological polar surface area (TPSA) is 96.8 Å². The van der Waals surface area contributed by atoms with Crippen LogP contribution < -0.4 is 10.4 Å². The van der Waals surface area contributed by atoms with Gasteiger partial charge in [-0.2, -0.15) is 0 Å². The van der Waals surface area contributed by atoms with E-state index in [2.05, 4.69) is 150 Å². The van der Waals surface area contributed by atoms with Crippen LogP contribution in [-0.2, 0) is 6.42 Å². The minimum atomic E-state index is -0.434. The molecule has 306 valence electrons. The first-order valence-corrected chi connectivity index (χ1v) is 21.7. The first-order valence-electron chi connectivity index (χ1n) is 21.7. The highest BCUT2D eigenvalue weighted by Crippen LogP contribution is 2.44. The molecule has 2 N–H and O–H groups in total. The molecule has 3 aliphatic rings. The zero-order valence-electron chi connectivity index (χ0n) is 34.9. The normalized spacial score (nSPS) is 14.3. The molecule has 9 aromatic rings. The molecule has 1 unspecified atom stereocenters. The van der Waals surface area contributed by atoms with Crippen LogP contribution in [0.4, 0.5) is 0 Å². The van der Waals surface area contributed by atoms with E-state index in [-0.39, 0.29) is 5.63 Å². The van der Waals surface area contributed by atoms with Gasteiger partial charge >= 0.3 is 5.63 Å². The van der Waals surface area contributed by atoms with Crippen LogP contribution >= 0.6 is 0 Å². The van der Waals surface area contributed by atoms with E-state index in [9.17, 15) is 4.79 Å². The molecule has 0 radical (unpaired) electrons. The second-order valence-electron chi connectivity index (χ2n) is 16.5. The Morgan fingerprint density at radius 1 is 0.547 bits per heavy atom. The molecule has 0 spiro atoms. The van der Waals surface area contributed by atoms with Gasteiger partial charge in [0.05, 0.1) is 33.7 Å².